The number of rotatable bonds is 17. The molecule has 0 aliphatic carbocycles. The Balaban J connectivity index is 2.50. The van der Waals surface area contributed by atoms with Crippen LogP contribution in [0.1, 0.15) is 84.1 Å². The summed E-state index contributed by atoms with van der Waals surface area (Å²) >= 11 is 0. The van der Waals surface area contributed by atoms with Crippen molar-refractivity contribution >= 4 is 27.7 Å². The first-order valence-electron chi connectivity index (χ1n) is 15.3. The molecule has 0 fully saturated rings. The lowest BCUT2D eigenvalue weighted by Gasteiger charge is -2.30. The molecule has 0 spiro atoms. The Hall–Kier alpha value is -3.52. The fourth-order valence-electron chi connectivity index (χ4n) is 4.59. The number of phenolic OH excluding ortho intramolecular Hbond substituents is 1. The highest BCUT2D eigenvalue weighted by Gasteiger charge is 2.28. The third kappa shape index (κ3) is 11.1. The highest BCUT2D eigenvalue weighted by atomic mass is 32.2. The quantitative estimate of drug-likeness (QED) is 0.191. The van der Waals surface area contributed by atoms with E-state index in [9.17, 15) is 33.0 Å². The average molecular weight is 648 g/mol. The summed E-state index contributed by atoms with van der Waals surface area (Å²) in [5, 5.41) is 24.6. The van der Waals surface area contributed by atoms with Crippen LogP contribution < -0.4 is 10.1 Å². The molecule has 0 aliphatic rings. The van der Waals surface area contributed by atoms with E-state index in [0.717, 1.165) is 12.8 Å². The van der Waals surface area contributed by atoms with Crippen LogP contribution in [-0.2, 0) is 16.4 Å². The highest BCUT2D eigenvalue weighted by Crippen LogP contribution is 2.18. The van der Waals surface area contributed by atoms with Crippen molar-refractivity contribution < 1.29 is 33.0 Å². The molecule has 250 valence electrons. The number of nitrogens with zero attached hydrogens (tertiary/aromatic N) is 3. The second kappa shape index (κ2) is 17.2. The van der Waals surface area contributed by atoms with Gasteiger partial charge in [-0.05, 0) is 69.0 Å². The number of amides is 3. The maximum absolute atomic E-state index is 13.8. The summed E-state index contributed by atoms with van der Waals surface area (Å²) in [4.78, 5) is 45.8. The summed E-state index contributed by atoms with van der Waals surface area (Å²) in [6.07, 6.45) is 0.391. The van der Waals surface area contributed by atoms with Crippen LogP contribution in [0.2, 0.25) is 0 Å². The minimum Gasteiger partial charge on any atom is -0.508 e. The Morgan fingerprint density at radius 1 is 0.867 bits per heavy atom. The number of hydrogen-bond acceptors (Lipinski definition) is 8. The number of carbonyl (C=O) groups excluding carboxylic acids is 3. The number of hydrogen-bond donors (Lipinski definition) is 4. The molecule has 0 radical (unpaired) electrons. The fraction of sp³-hybridized carbons (Fsp3) is 0.531. The summed E-state index contributed by atoms with van der Waals surface area (Å²) in [5.74, 6) is -1.24. The third-order valence-electron chi connectivity index (χ3n) is 7.21. The first kappa shape index (κ1) is 37.7. The molecule has 2 unspecified atom stereocenters. The van der Waals surface area contributed by atoms with Gasteiger partial charge in [0, 0.05) is 57.0 Å². The predicted molar refractivity (Wildman–Crippen MR) is 174 cm³/mol. The number of nitrogens with one attached hydrogen (secondary N) is 2. The van der Waals surface area contributed by atoms with Crippen LogP contribution in [0.15, 0.2) is 42.5 Å². The lowest BCUT2D eigenvalue weighted by atomic mass is 9.99. The van der Waals surface area contributed by atoms with Crippen LogP contribution in [-0.4, -0.2) is 109 Å². The summed E-state index contributed by atoms with van der Waals surface area (Å²) < 4.78 is 25.0. The van der Waals surface area contributed by atoms with Gasteiger partial charge in [-0.15, -0.1) is 4.83 Å². The summed E-state index contributed by atoms with van der Waals surface area (Å²) in [6, 6.07) is 9.72. The van der Waals surface area contributed by atoms with Gasteiger partial charge < -0.3 is 25.3 Å². The molecule has 0 saturated heterocycles. The lowest BCUT2D eigenvalue weighted by molar-refractivity contribution is 0.0634. The summed E-state index contributed by atoms with van der Waals surface area (Å²) in [7, 11) is -0.526. The minimum absolute atomic E-state index is 0.0555. The number of aliphatic hydroxyl groups excluding tert-OH is 1. The number of hydrazine groups is 1. The van der Waals surface area contributed by atoms with Gasteiger partial charge >= 0.3 is 0 Å². The summed E-state index contributed by atoms with van der Waals surface area (Å²) in [5.41, 5.74) is 1.13. The van der Waals surface area contributed by atoms with Gasteiger partial charge in [-0.2, -0.15) is 0 Å². The topological polar surface area (TPSA) is 160 Å². The molecule has 2 aromatic carbocycles. The van der Waals surface area contributed by atoms with E-state index in [1.54, 1.807) is 51.9 Å². The van der Waals surface area contributed by atoms with Gasteiger partial charge in [0.05, 0.1) is 17.4 Å². The van der Waals surface area contributed by atoms with Gasteiger partial charge in [0.25, 0.3) is 17.7 Å². The second-order valence-electron chi connectivity index (χ2n) is 11.5. The molecule has 0 aliphatic heterocycles. The number of aromatic hydroxyl groups is 1. The van der Waals surface area contributed by atoms with E-state index < -0.39 is 33.3 Å². The molecule has 3 amide bonds. The predicted octanol–water partition coefficient (Wildman–Crippen LogP) is 2.62. The van der Waals surface area contributed by atoms with Gasteiger partial charge in [-0.1, -0.05) is 32.9 Å². The lowest BCUT2D eigenvalue weighted by Crippen LogP contribution is -2.54. The largest absolute Gasteiger partial charge is 0.508 e. The van der Waals surface area contributed by atoms with Crippen LogP contribution in [0.3, 0.4) is 0 Å². The van der Waals surface area contributed by atoms with Crippen LogP contribution in [0.25, 0.3) is 0 Å². The zero-order valence-corrected chi connectivity index (χ0v) is 28.2. The zero-order chi connectivity index (χ0) is 33.9. The number of phenols is 1. The Morgan fingerprint density at radius 3 is 1.89 bits per heavy atom. The maximum atomic E-state index is 13.8. The normalized spacial score (nSPS) is 13.0. The molecule has 45 heavy (non-hydrogen) atoms. The van der Waals surface area contributed by atoms with Crippen LogP contribution in [0.5, 0.6) is 5.75 Å². The smallest absolute Gasteiger partial charge is 0.253 e. The molecule has 4 N–H and O–H groups in total. The van der Waals surface area contributed by atoms with Crippen molar-refractivity contribution in [1.82, 2.24) is 25.0 Å². The van der Waals surface area contributed by atoms with Crippen molar-refractivity contribution in [2.24, 2.45) is 0 Å². The van der Waals surface area contributed by atoms with Crippen molar-refractivity contribution in [3.63, 3.8) is 0 Å². The molecule has 13 heteroatoms. The number of likely N-dealkylation sites (N-methyl/N-ethyl adjacent to an activating group) is 1. The Bertz CT molecular complexity index is 1390. The van der Waals surface area contributed by atoms with E-state index in [1.165, 1.54) is 40.2 Å². The minimum atomic E-state index is -3.68. The van der Waals surface area contributed by atoms with Gasteiger partial charge in [-0.25, -0.2) is 13.4 Å². The molecule has 12 nitrogen and oxygen atoms in total. The number of aliphatic hydroxyl groups is 1. The van der Waals surface area contributed by atoms with Crippen molar-refractivity contribution in [3.05, 3.63) is 64.7 Å². The maximum Gasteiger partial charge on any atom is 0.253 e. The van der Waals surface area contributed by atoms with Crippen LogP contribution in [0.4, 0.5) is 0 Å². The van der Waals surface area contributed by atoms with Gasteiger partial charge in [0.1, 0.15) is 5.75 Å². The number of carbonyl (C=O) groups is 3. The first-order valence-corrected chi connectivity index (χ1v) is 16.9. The molecule has 2 rings (SSSR count). The van der Waals surface area contributed by atoms with E-state index in [2.05, 4.69) is 10.1 Å². The molecule has 0 bridgehead atoms. The van der Waals surface area contributed by atoms with Gasteiger partial charge in [0.2, 0.25) is 10.0 Å². The summed E-state index contributed by atoms with van der Waals surface area (Å²) in [6.45, 7) is 9.89. The molecule has 0 saturated carbocycles. The molecular formula is C32H49N5O7S. The van der Waals surface area contributed by atoms with E-state index in [-0.39, 0.29) is 53.8 Å². The zero-order valence-electron chi connectivity index (χ0n) is 27.4. The molecule has 0 aromatic heterocycles. The fourth-order valence-corrected chi connectivity index (χ4v) is 5.37. The van der Waals surface area contributed by atoms with Crippen molar-refractivity contribution in [3.8, 4) is 5.75 Å². The third-order valence-corrected chi connectivity index (χ3v) is 8.96. The molecular weight excluding hydrogens is 598 g/mol. The Morgan fingerprint density at radius 2 is 1.40 bits per heavy atom. The highest BCUT2D eigenvalue weighted by molar-refractivity contribution is 7.90. The Kier molecular flexibility index (Phi) is 14.4. The molecule has 2 aromatic rings. The average Bonchev–Trinajstić information content (AvgIpc) is 2.99. The standard InChI is InChI=1S/C32H49N5O7S/c1-8-15-36(16-9-2)32(42)26-19-24(18-25(20-26)31(41)35(6)7)30(40)33-28(17-23-11-13-27(38)14-12-23)29(39)21-37(10-3)34-45(43,44)22(4)5/h11-14,18-20,22,28-29,34,38-39H,8-10,15-17,21H2,1-7H3,(H,33,40). The molecule has 0 heterocycles. The molecule has 2 atom stereocenters. The van der Waals surface area contributed by atoms with Gasteiger partial charge in [-0.3, -0.25) is 14.4 Å². The van der Waals surface area contributed by atoms with Crippen molar-refractivity contribution in [2.75, 3.05) is 40.3 Å². The van der Waals surface area contributed by atoms with E-state index in [0.29, 0.717) is 18.7 Å². The van der Waals surface area contributed by atoms with Crippen LogP contribution in [0, 0.1) is 0 Å². The number of sulfonamides is 1. The van der Waals surface area contributed by atoms with E-state index >= 15 is 0 Å². The van der Waals surface area contributed by atoms with E-state index in [4.69, 9.17) is 0 Å². The van der Waals surface area contributed by atoms with E-state index in [1.807, 2.05) is 13.8 Å². The van der Waals surface area contributed by atoms with Gasteiger partial charge in [0.15, 0.2) is 0 Å². The number of benzene rings is 2. The Labute approximate surface area is 267 Å². The van der Waals surface area contributed by atoms with Crippen molar-refractivity contribution in [1.29, 1.82) is 0 Å². The van der Waals surface area contributed by atoms with Crippen molar-refractivity contribution in [2.45, 2.75) is 71.3 Å². The first-order chi connectivity index (χ1) is 21.1. The monoisotopic (exact) mass is 647 g/mol. The SMILES string of the molecule is CCCN(CCC)C(=O)c1cc(C(=O)NC(Cc2ccc(O)cc2)C(O)CN(CC)NS(=O)(=O)C(C)C)cc(C(=O)N(C)C)c1. The van der Waals surface area contributed by atoms with Crippen LogP contribution >= 0.6 is 0 Å². The second-order valence-corrected chi connectivity index (χ2v) is 13.7.